The lowest BCUT2D eigenvalue weighted by molar-refractivity contribution is 0.371. The third-order valence-corrected chi connectivity index (χ3v) is 6.06. The number of rotatable bonds is 7. The Morgan fingerprint density at radius 3 is 1.87 bits per heavy atom. The van der Waals surface area contributed by atoms with Crippen LogP contribution >= 0.6 is 11.8 Å². The van der Waals surface area contributed by atoms with Crippen molar-refractivity contribution < 1.29 is 9.47 Å². The molecule has 0 unspecified atom stereocenters. The van der Waals surface area contributed by atoms with E-state index in [0.717, 1.165) is 33.8 Å². The predicted molar refractivity (Wildman–Crippen MR) is 129 cm³/mol. The number of benzene rings is 4. The molecule has 3 heteroatoms. The maximum atomic E-state index is 6.02. The molecule has 0 bridgehead atoms. The van der Waals surface area contributed by atoms with Gasteiger partial charge in [-0.1, -0.05) is 78.5 Å². The fourth-order valence-electron chi connectivity index (χ4n) is 3.50. The molecule has 0 heterocycles. The number of methoxy groups -OCH3 is 2. The molecule has 0 atom stereocenters. The lowest BCUT2D eigenvalue weighted by Crippen LogP contribution is -1.99. The molecular formula is C28H24O2S. The summed E-state index contributed by atoms with van der Waals surface area (Å²) in [7, 11) is 3.41. The zero-order valence-corrected chi connectivity index (χ0v) is 18.4. The largest absolute Gasteiger partial charge is 0.497 e. The molecule has 0 aliphatic heterocycles. The van der Waals surface area contributed by atoms with Crippen LogP contribution < -0.4 is 4.74 Å². The van der Waals surface area contributed by atoms with Gasteiger partial charge in [0.1, 0.15) is 11.5 Å². The van der Waals surface area contributed by atoms with Crippen LogP contribution in [-0.4, -0.2) is 14.2 Å². The smallest absolute Gasteiger partial charge is 0.134 e. The summed E-state index contributed by atoms with van der Waals surface area (Å²) in [6.45, 7) is 0. The summed E-state index contributed by atoms with van der Waals surface area (Å²) in [4.78, 5) is 2.38. The van der Waals surface area contributed by atoms with Gasteiger partial charge in [-0.25, -0.2) is 0 Å². The summed E-state index contributed by atoms with van der Waals surface area (Å²) in [5.41, 5.74) is 4.31. The highest BCUT2D eigenvalue weighted by Gasteiger charge is 2.18. The molecule has 4 aromatic carbocycles. The van der Waals surface area contributed by atoms with E-state index in [0.29, 0.717) is 0 Å². The van der Waals surface area contributed by atoms with E-state index in [1.54, 1.807) is 26.0 Å². The van der Waals surface area contributed by atoms with E-state index in [-0.39, 0.29) is 0 Å². The second-order valence-corrected chi connectivity index (χ2v) is 8.03. The van der Waals surface area contributed by atoms with Crippen LogP contribution in [0, 0.1) is 0 Å². The normalized spacial score (nSPS) is 11.5. The first-order valence-electron chi connectivity index (χ1n) is 10.1. The average molecular weight is 425 g/mol. The van der Waals surface area contributed by atoms with Gasteiger partial charge in [0.05, 0.1) is 14.2 Å². The van der Waals surface area contributed by atoms with Crippen molar-refractivity contribution in [3.63, 3.8) is 0 Å². The zero-order valence-electron chi connectivity index (χ0n) is 17.6. The lowest BCUT2D eigenvalue weighted by atomic mass is 9.94. The molecule has 0 aromatic heterocycles. The molecule has 4 rings (SSSR count). The van der Waals surface area contributed by atoms with Gasteiger partial charge in [0.15, 0.2) is 0 Å². The van der Waals surface area contributed by atoms with Crippen molar-refractivity contribution in [2.75, 3.05) is 14.2 Å². The van der Waals surface area contributed by atoms with Gasteiger partial charge in [-0.3, -0.25) is 0 Å². The molecule has 0 aliphatic carbocycles. The molecule has 0 spiro atoms. The van der Waals surface area contributed by atoms with E-state index < -0.39 is 0 Å². The van der Waals surface area contributed by atoms with Gasteiger partial charge in [-0.15, -0.1) is 0 Å². The summed E-state index contributed by atoms with van der Waals surface area (Å²) in [6, 6.07) is 37.3. The van der Waals surface area contributed by atoms with Gasteiger partial charge in [0.2, 0.25) is 0 Å². The van der Waals surface area contributed by atoms with Crippen molar-refractivity contribution in [3.05, 3.63) is 126 Å². The van der Waals surface area contributed by atoms with Crippen LogP contribution in [0.2, 0.25) is 0 Å². The Balaban J connectivity index is 1.91. The Labute approximate surface area is 188 Å². The van der Waals surface area contributed by atoms with Crippen LogP contribution in [0.3, 0.4) is 0 Å². The first-order chi connectivity index (χ1) is 15.3. The van der Waals surface area contributed by atoms with Gasteiger partial charge in [-0.05, 0) is 53.6 Å². The van der Waals surface area contributed by atoms with Crippen molar-refractivity contribution in [2.45, 2.75) is 9.79 Å². The second-order valence-electron chi connectivity index (χ2n) is 6.91. The fourth-order valence-corrected chi connectivity index (χ4v) is 4.47. The first-order valence-corrected chi connectivity index (χ1v) is 10.9. The Kier molecular flexibility index (Phi) is 6.75. The third-order valence-electron chi connectivity index (χ3n) is 4.97. The summed E-state index contributed by atoms with van der Waals surface area (Å²) in [5, 5.41) is 0. The van der Waals surface area contributed by atoms with E-state index in [4.69, 9.17) is 9.47 Å². The molecule has 0 saturated heterocycles. The van der Waals surface area contributed by atoms with Crippen molar-refractivity contribution in [3.8, 4) is 5.75 Å². The van der Waals surface area contributed by atoms with Crippen LogP contribution in [-0.2, 0) is 4.74 Å². The minimum atomic E-state index is 0.820. The standard InChI is InChI=1S/C28H24O2S/c1-29-23-19-17-22(18-20-23)28(30-2)27(21-11-5-3-6-12-21)25-15-9-10-16-26(25)31-24-13-7-4-8-14-24/h3-20H,1-2H3/b28-27-. The molecule has 4 aromatic rings. The molecule has 0 amide bonds. The average Bonchev–Trinajstić information content (AvgIpc) is 2.84. The van der Waals surface area contributed by atoms with Gasteiger partial charge >= 0.3 is 0 Å². The summed E-state index contributed by atoms with van der Waals surface area (Å²) >= 11 is 1.76. The number of hydrogen-bond acceptors (Lipinski definition) is 3. The molecule has 0 N–H and O–H groups in total. The highest BCUT2D eigenvalue weighted by Crippen LogP contribution is 2.40. The van der Waals surface area contributed by atoms with E-state index in [2.05, 4.69) is 72.8 Å². The van der Waals surface area contributed by atoms with Gasteiger partial charge < -0.3 is 9.47 Å². The van der Waals surface area contributed by atoms with Crippen molar-refractivity contribution in [2.24, 2.45) is 0 Å². The van der Waals surface area contributed by atoms with Crippen molar-refractivity contribution in [1.29, 1.82) is 0 Å². The van der Waals surface area contributed by atoms with Crippen LogP contribution in [0.25, 0.3) is 11.3 Å². The van der Waals surface area contributed by atoms with Crippen LogP contribution in [0.1, 0.15) is 16.7 Å². The summed E-state index contributed by atoms with van der Waals surface area (Å²) in [6.07, 6.45) is 0. The summed E-state index contributed by atoms with van der Waals surface area (Å²) < 4.78 is 11.4. The van der Waals surface area contributed by atoms with E-state index in [1.165, 1.54) is 9.79 Å². The van der Waals surface area contributed by atoms with Crippen molar-refractivity contribution >= 4 is 23.1 Å². The van der Waals surface area contributed by atoms with Gasteiger partial charge in [0, 0.05) is 20.9 Å². The monoisotopic (exact) mass is 424 g/mol. The highest BCUT2D eigenvalue weighted by molar-refractivity contribution is 7.99. The molecule has 0 radical (unpaired) electrons. The fraction of sp³-hybridized carbons (Fsp3) is 0.0714. The van der Waals surface area contributed by atoms with E-state index >= 15 is 0 Å². The van der Waals surface area contributed by atoms with Crippen molar-refractivity contribution in [1.82, 2.24) is 0 Å². The van der Waals surface area contributed by atoms with E-state index in [9.17, 15) is 0 Å². The SMILES string of the molecule is CO/C(=C(/c1ccccc1)c1ccccc1Sc1ccccc1)c1ccc(OC)cc1. The molecule has 154 valence electrons. The molecule has 0 saturated carbocycles. The van der Waals surface area contributed by atoms with E-state index in [1.807, 2.05) is 36.4 Å². The maximum Gasteiger partial charge on any atom is 0.134 e. The Morgan fingerprint density at radius 1 is 0.613 bits per heavy atom. The van der Waals surface area contributed by atoms with Crippen LogP contribution in [0.15, 0.2) is 119 Å². The third kappa shape index (κ3) is 4.84. The zero-order chi connectivity index (χ0) is 21.5. The predicted octanol–water partition coefficient (Wildman–Crippen LogP) is 7.41. The Morgan fingerprint density at radius 2 is 1.23 bits per heavy atom. The minimum absolute atomic E-state index is 0.820. The summed E-state index contributed by atoms with van der Waals surface area (Å²) in [5.74, 6) is 1.65. The van der Waals surface area contributed by atoms with Crippen LogP contribution in [0.5, 0.6) is 5.75 Å². The molecule has 0 fully saturated rings. The number of hydrogen-bond donors (Lipinski definition) is 0. The molecular weight excluding hydrogens is 400 g/mol. The Bertz CT molecular complexity index is 1150. The Hall–Kier alpha value is -3.43. The number of ether oxygens (including phenoxy) is 2. The minimum Gasteiger partial charge on any atom is -0.497 e. The maximum absolute atomic E-state index is 6.02. The molecule has 2 nitrogen and oxygen atoms in total. The molecule has 31 heavy (non-hydrogen) atoms. The lowest BCUT2D eigenvalue weighted by Gasteiger charge is -2.18. The van der Waals surface area contributed by atoms with Gasteiger partial charge in [0.25, 0.3) is 0 Å². The topological polar surface area (TPSA) is 18.5 Å². The second kappa shape index (κ2) is 10.1. The first kappa shape index (κ1) is 20.8. The molecule has 0 aliphatic rings. The highest BCUT2D eigenvalue weighted by atomic mass is 32.2. The van der Waals surface area contributed by atoms with Crippen LogP contribution in [0.4, 0.5) is 0 Å². The van der Waals surface area contributed by atoms with Gasteiger partial charge in [-0.2, -0.15) is 0 Å². The quantitative estimate of drug-likeness (QED) is 0.227.